The second kappa shape index (κ2) is 7.86. The van der Waals surface area contributed by atoms with Gasteiger partial charge in [-0.05, 0) is 93.8 Å². The highest BCUT2D eigenvalue weighted by Crippen LogP contribution is 2.69. The van der Waals surface area contributed by atoms with Gasteiger partial charge in [0.2, 0.25) is 6.43 Å². The molecule has 0 aromatic carbocycles. The van der Waals surface area contributed by atoms with E-state index in [0.29, 0.717) is 30.7 Å². The molecule has 4 fully saturated rings. The van der Waals surface area contributed by atoms with E-state index in [1.807, 2.05) is 6.07 Å². The summed E-state index contributed by atoms with van der Waals surface area (Å²) in [6.07, 6.45) is 7.08. The predicted octanol–water partition coefficient (Wildman–Crippen LogP) is 4.98. The molecule has 1 N–H and O–H groups in total. The first-order valence-corrected chi connectivity index (χ1v) is 12.6. The van der Waals surface area contributed by atoms with Gasteiger partial charge in [-0.25, -0.2) is 8.78 Å². The summed E-state index contributed by atoms with van der Waals surface area (Å²) in [4.78, 5) is 13.3. The van der Waals surface area contributed by atoms with Crippen LogP contribution < -0.4 is 0 Å². The number of halogens is 2. The van der Waals surface area contributed by atoms with Crippen LogP contribution in [-0.2, 0) is 11.3 Å². The molecule has 0 amide bonds. The number of hydrogen-bond acceptors (Lipinski definition) is 4. The lowest BCUT2D eigenvalue weighted by molar-refractivity contribution is -0.207. The van der Waals surface area contributed by atoms with Crippen molar-refractivity contribution in [3.63, 3.8) is 0 Å². The molecular formula is C26H35F2N3O2. The lowest BCUT2D eigenvalue weighted by Gasteiger charge is -2.62. The van der Waals surface area contributed by atoms with Crippen molar-refractivity contribution < 1.29 is 18.7 Å². The molecule has 0 bridgehead atoms. The first kappa shape index (κ1) is 23.0. The van der Waals surface area contributed by atoms with E-state index in [4.69, 9.17) is 5.26 Å². The number of nitriles is 1. The van der Waals surface area contributed by atoms with Crippen molar-refractivity contribution in [1.29, 1.82) is 5.26 Å². The molecule has 180 valence electrons. The highest BCUT2D eigenvalue weighted by atomic mass is 19.3. The molecular weight excluding hydrogens is 424 g/mol. The number of alkyl halides is 2. The van der Waals surface area contributed by atoms with Crippen LogP contribution in [0.1, 0.15) is 77.2 Å². The normalized spacial score (nSPS) is 44.6. The minimum absolute atomic E-state index is 0.0106. The number of hydrogen-bond donors (Lipinski definition) is 1. The van der Waals surface area contributed by atoms with E-state index in [1.54, 1.807) is 17.8 Å². The number of carbonyl (C=O) groups is 1. The summed E-state index contributed by atoms with van der Waals surface area (Å²) < 4.78 is 31.2. The van der Waals surface area contributed by atoms with Gasteiger partial charge in [0, 0.05) is 17.5 Å². The molecule has 8 atom stereocenters. The Kier molecular flexibility index (Phi) is 5.47. The molecule has 0 radical (unpaired) electrons. The van der Waals surface area contributed by atoms with E-state index in [9.17, 15) is 18.7 Å². The molecule has 1 aromatic heterocycles. The Morgan fingerprint density at radius 2 is 2.00 bits per heavy atom. The maximum atomic E-state index is 14.8. The van der Waals surface area contributed by atoms with Gasteiger partial charge in [0.15, 0.2) is 5.78 Å². The molecule has 0 aliphatic heterocycles. The van der Waals surface area contributed by atoms with Crippen molar-refractivity contribution >= 4 is 5.78 Å². The van der Waals surface area contributed by atoms with Crippen LogP contribution in [0, 0.1) is 51.8 Å². The molecule has 4 aliphatic carbocycles. The molecule has 1 heterocycles. The van der Waals surface area contributed by atoms with Crippen LogP contribution in [-0.4, -0.2) is 32.7 Å². The number of rotatable bonds is 4. The molecule has 0 unspecified atom stereocenters. The number of ketones is 1. The fourth-order valence-corrected chi connectivity index (χ4v) is 8.88. The van der Waals surface area contributed by atoms with Crippen molar-refractivity contribution in [1.82, 2.24) is 9.78 Å². The smallest absolute Gasteiger partial charge is 0.244 e. The van der Waals surface area contributed by atoms with E-state index in [-0.39, 0.29) is 41.4 Å². The summed E-state index contributed by atoms with van der Waals surface area (Å²) in [5, 5.41) is 23.8. The van der Waals surface area contributed by atoms with E-state index in [1.165, 1.54) is 6.20 Å². The topological polar surface area (TPSA) is 78.9 Å². The van der Waals surface area contributed by atoms with Gasteiger partial charge in [-0.2, -0.15) is 10.4 Å². The fraction of sp³-hybridized carbons (Fsp3) is 0.808. The third-order valence-electron chi connectivity index (χ3n) is 10.4. The van der Waals surface area contributed by atoms with Gasteiger partial charge in [0.25, 0.3) is 0 Å². The van der Waals surface area contributed by atoms with Gasteiger partial charge in [0.05, 0.1) is 23.9 Å². The Morgan fingerprint density at radius 3 is 2.70 bits per heavy atom. The minimum atomic E-state index is -2.36. The van der Waals surface area contributed by atoms with Crippen LogP contribution in [0.15, 0.2) is 12.4 Å². The van der Waals surface area contributed by atoms with E-state index in [0.717, 1.165) is 38.5 Å². The van der Waals surface area contributed by atoms with Gasteiger partial charge in [0.1, 0.15) is 6.07 Å². The maximum Gasteiger partial charge on any atom is 0.244 e. The molecule has 1 aromatic rings. The SMILES string of the molecule is C[C@@]1(O)CC[C@@]2(C(F)F)[C@@H](CC[C@H]3[C@@H]4CC[C@H](C(=O)Cn5cc(C#N)cn5)[C@@]4(C)CC[C@@H]32)C1. The minimum Gasteiger partial charge on any atom is -0.390 e. The number of Topliss-reactive ketones (excluding diaryl/α,β-unsaturated/α-hetero) is 1. The zero-order chi connectivity index (χ0) is 23.6. The number of aliphatic hydroxyl groups is 1. The zero-order valence-corrected chi connectivity index (χ0v) is 19.6. The van der Waals surface area contributed by atoms with Crippen LogP contribution in [0.4, 0.5) is 8.78 Å². The van der Waals surface area contributed by atoms with E-state index < -0.39 is 17.4 Å². The molecule has 5 nitrogen and oxygen atoms in total. The molecule has 0 saturated heterocycles. The summed E-state index contributed by atoms with van der Waals surface area (Å²) in [6, 6.07) is 2.04. The molecule has 5 rings (SSSR count). The Labute approximate surface area is 194 Å². The van der Waals surface area contributed by atoms with E-state index in [2.05, 4.69) is 12.0 Å². The van der Waals surface area contributed by atoms with Gasteiger partial charge >= 0.3 is 0 Å². The number of nitrogens with zero attached hydrogens (tertiary/aromatic N) is 3. The quantitative estimate of drug-likeness (QED) is 0.689. The van der Waals surface area contributed by atoms with Crippen LogP contribution >= 0.6 is 0 Å². The van der Waals surface area contributed by atoms with Crippen LogP contribution in [0.2, 0.25) is 0 Å². The number of aromatic nitrogens is 2. The molecule has 4 saturated carbocycles. The standard InChI is InChI=1S/C26H35F2N3O2/c1-24(33)9-10-26(23(27)28)17(11-24)3-4-18-19-5-6-21(25(19,2)8-7-20(18)26)22(32)15-31-14-16(12-29)13-30-31/h13-14,17-21,23,33H,3-11,15H2,1-2H3/t17-,18-,19-,20-,21+,24+,25-,26+/m0/s1. The zero-order valence-electron chi connectivity index (χ0n) is 19.6. The predicted molar refractivity (Wildman–Crippen MR) is 118 cm³/mol. The second-order valence-electron chi connectivity index (χ2n) is 11.9. The third kappa shape index (κ3) is 3.47. The van der Waals surface area contributed by atoms with Crippen molar-refractivity contribution in [2.24, 2.45) is 40.4 Å². The monoisotopic (exact) mass is 459 g/mol. The summed E-state index contributed by atoms with van der Waals surface area (Å²) in [7, 11) is 0. The van der Waals surface area contributed by atoms with Gasteiger partial charge in [-0.1, -0.05) is 6.92 Å². The van der Waals surface area contributed by atoms with Gasteiger partial charge in [-0.3, -0.25) is 9.48 Å². The van der Waals surface area contributed by atoms with Crippen molar-refractivity contribution in [3.8, 4) is 6.07 Å². The molecule has 33 heavy (non-hydrogen) atoms. The Hall–Kier alpha value is -1.81. The van der Waals surface area contributed by atoms with Crippen LogP contribution in [0.25, 0.3) is 0 Å². The Morgan fingerprint density at radius 1 is 1.21 bits per heavy atom. The largest absolute Gasteiger partial charge is 0.390 e. The maximum absolute atomic E-state index is 14.8. The number of fused-ring (bicyclic) bond motifs is 5. The Balaban J connectivity index is 1.38. The summed E-state index contributed by atoms with van der Waals surface area (Å²) in [5.74, 6) is 0.493. The lowest BCUT2D eigenvalue weighted by Crippen LogP contribution is -2.59. The first-order valence-electron chi connectivity index (χ1n) is 12.6. The highest BCUT2D eigenvalue weighted by molar-refractivity contribution is 5.82. The van der Waals surface area contributed by atoms with Gasteiger partial charge < -0.3 is 5.11 Å². The summed E-state index contributed by atoms with van der Waals surface area (Å²) in [5.41, 5.74) is -1.52. The van der Waals surface area contributed by atoms with Crippen molar-refractivity contribution in [2.45, 2.75) is 90.2 Å². The lowest BCUT2D eigenvalue weighted by atomic mass is 9.43. The summed E-state index contributed by atoms with van der Waals surface area (Å²) >= 11 is 0. The second-order valence-corrected chi connectivity index (χ2v) is 11.9. The van der Waals surface area contributed by atoms with Gasteiger partial charge in [-0.15, -0.1) is 0 Å². The summed E-state index contributed by atoms with van der Waals surface area (Å²) in [6.45, 7) is 4.19. The molecule has 4 aliphatic rings. The van der Waals surface area contributed by atoms with Crippen LogP contribution in [0.3, 0.4) is 0 Å². The van der Waals surface area contributed by atoms with Crippen molar-refractivity contribution in [3.05, 3.63) is 18.0 Å². The number of carbonyl (C=O) groups excluding carboxylic acids is 1. The third-order valence-corrected chi connectivity index (χ3v) is 10.4. The fourth-order valence-electron chi connectivity index (χ4n) is 8.88. The average molecular weight is 460 g/mol. The average Bonchev–Trinajstić information content (AvgIpc) is 3.36. The molecule has 0 spiro atoms. The Bertz CT molecular complexity index is 969. The highest BCUT2D eigenvalue weighted by Gasteiger charge is 2.65. The molecule has 7 heteroatoms. The van der Waals surface area contributed by atoms with Crippen LogP contribution in [0.5, 0.6) is 0 Å². The van der Waals surface area contributed by atoms with Crippen molar-refractivity contribution in [2.75, 3.05) is 0 Å². The van der Waals surface area contributed by atoms with E-state index >= 15 is 0 Å². The first-order chi connectivity index (χ1) is 15.6.